The molecular weight excluding hydrogens is 803 g/mol. The lowest BCUT2D eigenvalue weighted by Crippen LogP contribution is -2.36. The highest BCUT2D eigenvalue weighted by Gasteiger charge is 2.30. The van der Waals surface area contributed by atoms with Crippen LogP contribution >= 0.6 is 0 Å². The van der Waals surface area contributed by atoms with E-state index in [0.717, 1.165) is 73.9 Å². The van der Waals surface area contributed by atoms with Crippen LogP contribution < -0.4 is 5.32 Å². The maximum Gasteiger partial charge on any atom is 0.170 e. The monoisotopic (exact) mass is 843 g/mol. The van der Waals surface area contributed by atoms with Gasteiger partial charge in [0.1, 0.15) is 22.8 Å². The van der Waals surface area contributed by atoms with Gasteiger partial charge in [-0.15, -0.1) is 0 Å². The second kappa shape index (κ2) is 14.6. The molecule has 4 nitrogen and oxygen atoms in total. The molecule has 0 amide bonds. The van der Waals surface area contributed by atoms with Gasteiger partial charge in [0.05, 0.1) is 0 Å². The third-order valence-corrected chi connectivity index (χ3v) is 14.3. The van der Waals surface area contributed by atoms with Crippen molar-refractivity contribution >= 4 is 87.5 Å². The van der Waals surface area contributed by atoms with E-state index >= 15 is 0 Å². The van der Waals surface area contributed by atoms with E-state index in [0.29, 0.717) is 0 Å². The van der Waals surface area contributed by atoms with Crippen LogP contribution in [0.1, 0.15) is 51.9 Å². The Labute approximate surface area is 381 Å². The number of benzene rings is 11. The number of aliphatic imine (C=N–C) groups is 2. The molecule has 11 aromatic carbocycles. The van der Waals surface area contributed by atoms with Crippen molar-refractivity contribution in [2.75, 3.05) is 0 Å². The summed E-state index contributed by atoms with van der Waals surface area (Å²) in [4.78, 5) is 11.1. The van der Waals surface area contributed by atoms with E-state index < -0.39 is 6.17 Å². The highest BCUT2D eigenvalue weighted by Crippen LogP contribution is 2.47. The Bertz CT molecular complexity index is 4060. The number of nitrogens with zero attached hydrogens (tertiary/aromatic N) is 2. The van der Waals surface area contributed by atoms with Gasteiger partial charge in [-0.3, -0.25) is 0 Å². The first kappa shape index (κ1) is 37.1. The lowest BCUT2D eigenvalue weighted by atomic mass is 9.81. The molecule has 2 aliphatic rings. The number of amidine groups is 2. The Morgan fingerprint density at radius 3 is 1.91 bits per heavy atom. The summed E-state index contributed by atoms with van der Waals surface area (Å²) in [5, 5.41) is 18.2. The Morgan fingerprint density at radius 2 is 1.06 bits per heavy atom. The van der Waals surface area contributed by atoms with Crippen LogP contribution in [-0.4, -0.2) is 11.7 Å². The normalized spacial score (nSPS) is 16.1. The Kier molecular flexibility index (Phi) is 8.20. The first-order chi connectivity index (χ1) is 32.7. The summed E-state index contributed by atoms with van der Waals surface area (Å²) in [5.41, 5.74) is 11.4. The quantitative estimate of drug-likeness (QED) is 0.179. The number of rotatable bonds is 4. The second-order valence-electron chi connectivity index (χ2n) is 18.0. The molecule has 0 fully saturated rings. The molecule has 0 spiro atoms. The van der Waals surface area contributed by atoms with E-state index in [9.17, 15) is 0 Å². The largest absolute Gasteiger partial charge is 0.456 e. The number of fused-ring (bicyclic) bond motifs is 13. The second-order valence-corrected chi connectivity index (χ2v) is 18.0. The third kappa shape index (κ3) is 5.85. The van der Waals surface area contributed by atoms with Crippen molar-refractivity contribution in [3.05, 3.63) is 240 Å². The Balaban J connectivity index is 0.999. The summed E-state index contributed by atoms with van der Waals surface area (Å²) in [6, 6.07) is 75.1. The van der Waals surface area contributed by atoms with Crippen molar-refractivity contribution in [3.63, 3.8) is 0 Å². The first-order valence-corrected chi connectivity index (χ1v) is 23.0. The minimum atomic E-state index is -0.502. The number of nitrogens with one attached hydrogen (secondary N) is 1. The molecule has 1 N–H and O–H groups in total. The van der Waals surface area contributed by atoms with Crippen LogP contribution in [0, 0.1) is 0 Å². The zero-order valence-corrected chi connectivity index (χ0v) is 36.0. The number of hydrogen-bond acceptors (Lipinski definition) is 4. The number of aryl methyl sites for hydroxylation is 1. The molecule has 0 saturated carbocycles. The molecule has 0 bridgehead atoms. The van der Waals surface area contributed by atoms with Crippen molar-refractivity contribution in [1.82, 2.24) is 5.32 Å². The first-order valence-electron chi connectivity index (χ1n) is 23.0. The van der Waals surface area contributed by atoms with Gasteiger partial charge >= 0.3 is 0 Å². The van der Waals surface area contributed by atoms with Crippen LogP contribution in [0.5, 0.6) is 0 Å². The van der Waals surface area contributed by atoms with Gasteiger partial charge in [-0.1, -0.05) is 176 Å². The van der Waals surface area contributed by atoms with E-state index in [1.807, 2.05) is 0 Å². The van der Waals surface area contributed by atoms with Crippen molar-refractivity contribution in [2.24, 2.45) is 9.98 Å². The molecule has 1 aliphatic heterocycles. The van der Waals surface area contributed by atoms with Gasteiger partial charge in [0, 0.05) is 33.4 Å². The van der Waals surface area contributed by atoms with Crippen LogP contribution in [0.25, 0.3) is 86.9 Å². The van der Waals surface area contributed by atoms with Crippen molar-refractivity contribution in [2.45, 2.75) is 24.9 Å². The topological polar surface area (TPSA) is 49.9 Å². The summed E-state index contributed by atoms with van der Waals surface area (Å²) in [7, 11) is 0. The average molecular weight is 844 g/mol. The van der Waals surface area contributed by atoms with Crippen molar-refractivity contribution in [3.8, 4) is 11.1 Å². The molecule has 2 atom stereocenters. The summed E-state index contributed by atoms with van der Waals surface area (Å²) in [5.74, 6) is 1.63. The van der Waals surface area contributed by atoms with Crippen LogP contribution in [0.3, 0.4) is 0 Å². The molecule has 12 aromatic rings. The maximum atomic E-state index is 6.89. The summed E-state index contributed by atoms with van der Waals surface area (Å²) >= 11 is 0. The van der Waals surface area contributed by atoms with Gasteiger partial charge in [0.25, 0.3) is 0 Å². The summed E-state index contributed by atoms with van der Waals surface area (Å²) in [6.07, 6.45) is 1.38. The zero-order chi connectivity index (χ0) is 43.3. The molecule has 0 radical (unpaired) electrons. The van der Waals surface area contributed by atoms with E-state index in [4.69, 9.17) is 14.4 Å². The molecule has 2 heterocycles. The Morgan fingerprint density at radius 1 is 0.424 bits per heavy atom. The molecule has 1 aliphatic carbocycles. The van der Waals surface area contributed by atoms with E-state index in [1.54, 1.807) is 0 Å². The van der Waals surface area contributed by atoms with Gasteiger partial charge in [-0.2, -0.15) is 0 Å². The van der Waals surface area contributed by atoms with Crippen LogP contribution in [0.2, 0.25) is 0 Å². The average Bonchev–Trinajstić information content (AvgIpc) is 3.68. The molecule has 14 rings (SSSR count). The molecule has 310 valence electrons. The van der Waals surface area contributed by atoms with E-state index in [2.05, 4.69) is 212 Å². The predicted octanol–water partition coefficient (Wildman–Crippen LogP) is 15.6. The molecule has 66 heavy (non-hydrogen) atoms. The number of hydrogen-bond donors (Lipinski definition) is 1. The van der Waals surface area contributed by atoms with Crippen LogP contribution in [0.4, 0.5) is 0 Å². The van der Waals surface area contributed by atoms with Crippen LogP contribution in [-0.2, 0) is 6.42 Å². The fourth-order valence-corrected chi connectivity index (χ4v) is 11.2. The molecule has 0 saturated heterocycles. The fraction of sp³-hybridized carbons (Fsp3) is 0.0645. The van der Waals surface area contributed by atoms with Crippen molar-refractivity contribution in [1.29, 1.82) is 0 Å². The van der Waals surface area contributed by atoms with Gasteiger partial charge in [0.15, 0.2) is 6.17 Å². The minimum Gasteiger partial charge on any atom is -0.456 e. The molecule has 1 aromatic heterocycles. The molecule has 4 heteroatoms. The molecule has 2 unspecified atom stereocenters. The smallest absolute Gasteiger partial charge is 0.170 e. The van der Waals surface area contributed by atoms with Crippen molar-refractivity contribution < 1.29 is 4.42 Å². The Hall–Kier alpha value is -8.34. The lowest BCUT2D eigenvalue weighted by Gasteiger charge is -2.25. The van der Waals surface area contributed by atoms with Crippen LogP contribution in [0.15, 0.2) is 221 Å². The number of furan rings is 1. The van der Waals surface area contributed by atoms with Gasteiger partial charge in [-0.05, 0) is 125 Å². The van der Waals surface area contributed by atoms with E-state index in [1.165, 1.54) is 70.9 Å². The fourth-order valence-electron chi connectivity index (χ4n) is 11.2. The summed E-state index contributed by atoms with van der Waals surface area (Å²) < 4.78 is 6.89. The highest BCUT2D eigenvalue weighted by molar-refractivity contribution is 6.24. The maximum absolute atomic E-state index is 6.89. The summed E-state index contributed by atoms with van der Waals surface area (Å²) in [6.45, 7) is 0. The number of para-hydroxylation sites is 1. The van der Waals surface area contributed by atoms with Gasteiger partial charge in [0.2, 0.25) is 0 Å². The minimum absolute atomic E-state index is 0.0690. The molecular formula is C62H41N3O. The van der Waals surface area contributed by atoms with Gasteiger partial charge in [-0.25, -0.2) is 9.98 Å². The third-order valence-electron chi connectivity index (χ3n) is 14.3. The standard InChI is InChI=1S/C62H41N3O/c1-2-16-41-34-54-43(32-40(41)15-1)27-30-50(58-49-20-8-5-14-39(49)26-31-51(54)58)45-35-55(59-53-21-9-10-23-56(53)66-57(59)36-45)62-64-60(63-61(65-62)52-22-11-17-37-12-3-7-19-47(37)52)44-28-29-48-42(33-44)25-24-38-13-4-6-18-46(38)48/h1-26,28-29,31-36,50,61H,27,30H2,(H,63,64,65). The predicted molar refractivity (Wildman–Crippen MR) is 275 cm³/mol. The van der Waals surface area contributed by atoms with E-state index in [-0.39, 0.29) is 5.92 Å². The highest BCUT2D eigenvalue weighted by atomic mass is 16.3. The SMILES string of the molecule is c1ccc2cc3c(cc2c1)CCC(c1cc(C2=NC(c4cccc5ccccc45)N=C(c4ccc5c(ccc6ccccc65)c4)N2)c2c(c1)oc1ccccc12)c1c-3ccc2ccccc12. The van der Waals surface area contributed by atoms with Gasteiger partial charge < -0.3 is 9.73 Å². The lowest BCUT2D eigenvalue weighted by molar-refractivity contribution is 0.665. The zero-order valence-electron chi connectivity index (χ0n) is 36.0.